The van der Waals surface area contributed by atoms with E-state index < -0.39 is 30.0 Å². The molecule has 1 aliphatic heterocycles. The van der Waals surface area contributed by atoms with Gasteiger partial charge in [-0.25, -0.2) is 14.4 Å². The monoisotopic (exact) mass is 614 g/mol. The fourth-order valence-corrected chi connectivity index (χ4v) is 3.99. The summed E-state index contributed by atoms with van der Waals surface area (Å²) < 4.78 is 26.6. The average molecular weight is 616 g/mol. The molecule has 3 amide bonds. The van der Waals surface area contributed by atoms with Gasteiger partial charge in [0, 0.05) is 4.47 Å². The molecule has 0 radical (unpaired) electrons. The lowest BCUT2D eigenvalue weighted by atomic mass is 10.1. The summed E-state index contributed by atoms with van der Waals surface area (Å²) in [6.07, 6.45) is 0.541. The first kappa shape index (κ1) is 26.3. The smallest absolute Gasteiger partial charge is 0.373 e. The number of methoxy groups -OCH3 is 3. The van der Waals surface area contributed by atoms with Gasteiger partial charge in [-0.1, -0.05) is 0 Å². The number of ether oxygens (including phenoxy) is 4. The van der Waals surface area contributed by atoms with Crippen LogP contribution in [0.4, 0.5) is 4.79 Å². The van der Waals surface area contributed by atoms with Crippen LogP contribution in [0, 0.1) is 0 Å². The Morgan fingerprint density at radius 1 is 1.14 bits per heavy atom. The van der Waals surface area contributed by atoms with E-state index in [0.29, 0.717) is 14.5 Å². The molecule has 35 heavy (non-hydrogen) atoms. The van der Waals surface area contributed by atoms with Gasteiger partial charge >= 0.3 is 18.0 Å². The molecule has 0 aliphatic carbocycles. The first-order valence-electron chi connectivity index (χ1n) is 9.93. The molecule has 2 heterocycles. The summed E-state index contributed by atoms with van der Waals surface area (Å²) in [4.78, 5) is 49.6. The molecular weight excluding hydrogens is 596 g/mol. The number of benzene rings is 1. The van der Waals surface area contributed by atoms with Crippen LogP contribution < -0.4 is 14.8 Å². The van der Waals surface area contributed by atoms with Gasteiger partial charge < -0.3 is 28.7 Å². The molecule has 3 rings (SSSR count). The number of furan rings is 1. The Balaban J connectivity index is 1.87. The molecule has 1 fully saturated rings. The Bertz CT molecular complexity index is 1220. The second kappa shape index (κ2) is 11.0. The lowest BCUT2D eigenvalue weighted by molar-refractivity contribution is -0.148. The third kappa shape index (κ3) is 5.51. The minimum absolute atomic E-state index is 0.000924. The third-order valence-electron chi connectivity index (χ3n) is 4.83. The van der Waals surface area contributed by atoms with Crippen molar-refractivity contribution in [3.8, 4) is 11.5 Å². The van der Waals surface area contributed by atoms with Gasteiger partial charge in [0.25, 0.3) is 5.91 Å². The topological polar surface area (TPSA) is 134 Å². The second-order valence-corrected chi connectivity index (χ2v) is 8.63. The number of rotatable bonds is 8. The summed E-state index contributed by atoms with van der Waals surface area (Å²) in [5.74, 6) is -1.17. The molecule has 0 spiro atoms. The van der Waals surface area contributed by atoms with Crippen LogP contribution in [0.5, 0.6) is 11.5 Å². The maximum atomic E-state index is 12.9. The Hall–Kier alpha value is -3.32. The lowest BCUT2D eigenvalue weighted by Gasteiger charge is -2.18. The Morgan fingerprint density at radius 2 is 1.86 bits per heavy atom. The van der Waals surface area contributed by atoms with Crippen molar-refractivity contribution in [2.75, 3.05) is 21.3 Å². The van der Waals surface area contributed by atoms with E-state index in [0.717, 1.165) is 4.90 Å². The fourth-order valence-electron chi connectivity index (χ4n) is 3.06. The summed E-state index contributed by atoms with van der Waals surface area (Å²) in [5, 5.41) is 2.51. The largest absolute Gasteiger partial charge is 0.493 e. The van der Waals surface area contributed by atoms with Crippen LogP contribution in [-0.4, -0.2) is 56.2 Å². The highest BCUT2D eigenvalue weighted by Crippen LogP contribution is 2.44. The first-order chi connectivity index (χ1) is 16.6. The molecule has 1 aromatic heterocycles. The number of hydrogen-bond acceptors (Lipinski definition) is 9. The van der Waals surface area contributed by atoms with Crippen molar-refractivity contribution in [3.63, 3.8) is 0 Å². The summed E-state index contributed by atoms with van der Waals surface area (Å²) in [7, 11) is 3.88. The molecule has 1 N–H and O–H groups in total. The summed E-state index contributed by atoms with van der Waals surface area (Å²) in [6, 6.07) is 3.77. The lowest BCUT2D eigenvalue weighted by Crippen LogP contribution is -2.30. The standard InChI is InChI=1S/C22H20Br2N2O9/c1-10(20(28)32-3)34-18-15(31-2)8-11(16(23)17(18)24)7-13-19(27)26(22(30)25-13)9-12-5-6-14(35-12)21(29)33-4/h5-8,10H,9H2,1-4H3,(H,25,30)/b13-7-/t10-/m0/s1. The van der Waals surface area contributed by atoms with E-state index in [4.69, 9.17) is 13.9 Å². The van der Waals surface area contributed by atoms with E-state index in [1.807, 2.05) is 0 Å². The van der Waals surface area contributed by atoms with Gasteiger partial charge in [-0.3, -0.25) is 9.69 Å². The predicted molar refractivity (Wildman–Crippen MR) is 128 cm³/mol. The SMILES string of the molecule is COC(=O)c1ccc(CN2C(=O)N/C(=C\c3cc(OC)c(O[C@@H](C)C(=O)OC)c(Br)c3Br)C2=O)o1. The normalized spacial score (nSPS) is 15.1. The zero-order valence-corrected chi connectivity index (χ0v) is 22.1. The number of amides is 3. The van der Waals surface area contributed by atoms with Crippen LogP contribution in [0.1, 0.15) is 28.8 Å². The highest BCUT2D eigenvalue weighted by Gasteiger charge is 2.35. The van der Waals surface area contributed by atoms with Crippen molar-refractivity contribution < 1.29 is 42.5 Å². The van der Waals surface area contributed by atoms with E-state index in [1.165, 1.54) is 46.5 Å². The Morgan fingerprint density at radius 3 is 2.49 bits per heavy atom. The molecule has 1 aliphatic rings. The summed E-state index contributed by atoms with van der Waals surface area (Å²) in [6.45, 7) is 1.33. The zero-order valence-electron chi connectivity index (χ0n) is 19.0. The van der Waals surface area contributed by atoms with Crippen LogP contribution >= 0.6 is 31.9 Å². The van der Waals surface area contributed by atoms with Crippen LogP contribution in [0.25, 0.3) is 6.08 Å². The highest BCUT2D eigenvalue weighted by atomic mass is 79.9. The van der Waals surface area contributed by atoms with Gasteiger partial charge in [0.2, 0.25) is 5.76 Å². The molecular formula is C22H20Br2N2O9. The predicted octanol–water partition coefficient (Wildman–Crippen LogP) is 3.63. The van der Waals surface area contributed by atoms with Crippen molar-refractivity contribution >= 4 is 61.8 Å². The van der Waals surface area contributed by atoms with Crippen LogP contribution in [0.15, 0.2) is 37.3 Å². The molecule has 0 unspecified atom stereocenters. The van der Waals surface area contributed by atoms with Gasteiger partial charge in [0.05, 0.1) is 32.3 Å². The summed E-state index contributed by atoms with van der Waals surface area (Å²) in [5.41, 5.74) is 0.476. The van der Waals surface area contributed by atoms with E-state index >= 15 is 0 Å². The number of hydrogen-bond donors (Lipinski definition) is 1. The zero-order chi connectivity index (χ0) is 25.9. The van der Waals surface area contributed by atoms with Gasteiger partial charge in [-0.05, 0) is 68.6 Å². The molecule has 13 heteroatoms. The van der Waals surface area contributed by atoms with Crippen molar-refractivity contribution in [2.45, 2.75) is 19.6 Å². The quantitative estimate of drug-likeness (QED) is 0.268. The first-order valence-corrected chi connectivity index (χ1v) is 11.5. The van der Waals surface area contributed by atoms with Gasteiger partial charge in [0.1, 0.15) is 11.5 Å². The molecule has 0 saturated carbocycles. The Kier molecular flexibility index (Phi) is 8.22. The molecule has 186 valence electrons. The number of nitrogens with zero attached hydrogens (tertiary/aromatic N) is 1. The minimum Gasteiger partial charge on any atom is -0.493 e. The van der Waals surface area contributed by atoms with Crippen molar-refractivity contribution in [3.05, 3.63) is 49.9 Å². The van der Waals surface area contributed by atoms with Crippen molar-refractivity contribution in [1.82, 2.24) is 10.2 Å². The number of imide groups is 1. The van der Waals surface area contributed by atoms with E-state index in [-0.39, 0.29) is 35.3 Å². The minimum atomic E-state index is -0.910. The van der Waals surface area contributed by atoms with Crippen molar-refractivity contribution in [1.29, 1.82) is 0 Å². The number of urea groups is 1. The van der Waals surface area contributed by atoms with E-state index in [2.05, 4.69) is 46.7 Å². The highest BCUT2D eigenvalue weighted by molar-refractivity contribution is 9.13. The second-order valence-electron chi connectivity index (χ2n) is 7.05. The summed E-state index contributed by atoms with van der Waals surface area (Å²) >= 11 is 6.84. The van der Waals surface area contributed by atoms with Gasteiger partial charge in [-0.15, -0.1) is 0 Å². The van der Waals surface area contributed by atoms with E-state index in [9.17, 15) is 19.2 Å². The molecule has 11 nitrogen and oxygen atoms in total. The van der Waals surface area contributed by atoms with Crippen LogP contribution in [-0.2, 0) is 25.6 Å². The fraction of sp³-hybridized carbons (Fsp3) is 0.273. The molecule has 1 atom stereocenters. The van der Waals surface area contributed by atoms with Crippen molar-refractivity contribution in [2.24, 2.45) is 0 Å². The Labute approximate surface area is 216 Å². The van der Waals surface area contributed by atoms with E-state index in [1.54, 1.807) is 6.07 Å². The molecule has 1 saturated heterocycles. The maximum Gasteiger partial charge on any atom is 0.373 e. The molecule has 1 aromatic carbocycles. The number of carbonyl (C=O) groups excluding carboxylic acids is 4. The third-order valence-corrected chi connectivity index (χ3v) is 6.97. The van der Waals surface area contributed by atoms with Crippen LogP contribution in [0.3, 0.4) is 0 Å². The van der Waals surface area contributed by atoms with Gasteiger partial charge in [-0.2, -0.15) is 0 Å². The average Bonchev–Trinajstić information content (AvgIpc) is 3.42. The molecule has 2 aromatic rings. The number of esters is 2. The van der Waals surface area contributed by atoms with Gasteiger partial charge in [0.15, 0.2) is 17.6 Å². The number of halogens is 2. The van der Waals surface area contributed by atoms with Crippen LogP contribution in [0.2, 0.25) is 0 Å². The molecule has 0 bridgehead atoms. The maximum absolute atomic E-state index is 12.9. The number of nitrogens with one attached hydrogen (secondary N) is 1. The number of carbonyl (C=O) groups is 4.